The van der Waals surface area contributed by atoms with Crippen LogP contribution in [-0.2, 0) is 17.8 Å². The molecule has 6 nitrogen and oxygen atoms in total. The minimum Gasteiger partial charge on any atom is -0.333 e. The standard InChI is InChI=1S/C21H32N4O2/c1-14(2)24-11-9-17-16(13-24)21(27)23-20(22-17)18-8-5-10-25(18)19(26)12-15-6-3-4-7-15/h14-15,18H,3-13H2,1-2H3,(H,22,23,27)/t18-/m1/s1. The molecule has 2 fully saturated rings. The lowest BCUT2D eigenvalue weighted by Crippen LogP contribution is -2.40. The SMILES string of the molecule is CC(C)N1CCc2nc([C@H]3CCCN3C(=O)CC3CCCC3)[nH]c(=O)c2C1. The normalized spacial score (nSPS) is 24.0. The van der Waals surface area contributed by atoms with Gasteiger partial charge in [0.05, 0.1) is 17.3 Å². The summed E-state index contributed by atoms with van der Waals surface area (Å²) in [5.74, 6) is 1.50. The Kier molecular flexibility index (Phi) is 5.35. The first kappa shape index (κ1) is 18.7. The molecule has 0 unspecified atom stereocenters. The summed E-state index contributed by atoms with van der Waals surface area (Å²) in [6.07, 6.45) is 8.25. The molecule has 148 valence electrons. The molecule has 0 radical (unpaired) electrons. The Balaban J connectivity index is 1.53. The number of fused-ring (bicyclic) bond motifs is 1. The second-order valence-electron chi connectivity index (χ2n) is 8.79. The van der Waals surface area contributed by atoms with Gasteiger partial charge >= 0.3 is 0 Å². The number of hydrogen-bond acceptors (Lipinski definition) is 4. The van der Waals surface area contributed by atoms with Crippen molar-refractivity contribution in [1.29, 1.82) is 0 Å². The van der Waals surface area contributed by atoms with Crippen LogP contribution < -0.4 is 5.56 Å². The third-order valence-corrected chi connectivity index (χ3v) is 6.67. The van der Waals surface area contributed by atoms with Gasteiger partial charge in [0.25, 0.3) is 5.56 Å². The molecule has 1 N–H and O–H groups in total. The summed E-state index contributed by atoms with van der Waals surface area (Å²) in [6, 6.07) is 0.371. The first-order valence-corrected chi connectivity index (χ1v) is 10.7. The molecule has 4 rings (SSSR count). The van der Waals surface area contributed by atoms with Crippen molar-refractivity contribution in [1.82, 2.24) is 19.8 Å². The molecular formula is C21H32N4O2. The average Bonchev–Trinajstić information content (AvgIpc) is 3.32. The van der Waals surface area contributed by atoms with Gasteiger partial charge in [-0.25, -0.2) is 4.98 Å². The van der Waals surface area contributed by atoms with Crippen molar-refractivity contribution in [3.63, 3.8) is 0 Å². The van der Waals surface area contributed by atoms with Crippen LogP contribution in [0.1, 0.15) is 81.9 Å². The molecule has 6 heteroatoms. The maximum atomic E-state index is 12.9. The van der Waals surface area contributed by atoms with Crippen LogP contribution in [0.5, 0.6) is 0 Å². The highest BCUT2D eigenvalue weighted by atomic mass is 16.2. The summed E-state index contributed by atoms with van der Waals surface area (Å²) in [4.78, 5) is 37.8. The van der Waals surface area contributed by atoms with E-state index in [0.29, 0.717) is 30.7 Å². The summed E-state index contributed by atoms with van der Waals surface area (Å²) in [7, 11) is 0. The number of carbonyl (C=O) groups excluding carboxylic acids is 1. The van der Waals surface area contributed by atoms with Gasteiger partial charge in [-0.05, 0) is 45.4 Å². The summed E-state index contributed by atoms with van der Waals surface area (Å²) in [5, 5.41) is 0. The zero-order valence-electron chi connectivity index (χ0n) is 16.7. The maximum Gasteiger partial charge on any atom is 0.255 e. The van der Waals surface area contributed by atoms with Gasteiger partial charge in [0.2, 0.25) is 5.91 Å². The zero-order valence-corrected chi connectivity index (χ0v) is 16.7. The van der Waals surface area contributed by atoms with Crippen molar-refractivity contribution in [2.24, 2.45) is 5.92 Å². The zero-order chi connectivity index (χ0) is 19.0. The van der Waals surface area contributed by atoms with E-state index >= 15 is 0 Å². The second kappa shape index (κ2) is 7.74. The Labute approximate surface area is 161 Å². The van der Waals surface area contributed by atoms with Crippen molar-refractivity contribution >= 4 is 5.91 Å². The van der Waals surface area contributed by atoms with Crippen molar-refractivity contribution < 1.29 is 4.79 Å². The molecule has 0 aromatic carbocycles. The molecule has 27 heavy (non-hydrogen) atoms. The third-order valence-electron chi connectivity index (χ3n) is 6.67. The van der Waals surface area contributed by atoms with Crippen molar-refractivity contribution in [2.75, 3.05) is 13.1 Å². The molecule has 0 bridgehead atoms. The van der Waals surface area contributed by atoms with Gasteiger partial charge in [-0.3, -0.25) is 14.5 Å². The van der Waals surface area contributed by atoms with Gasteiger partial charge in [0.1, 0.15) is 5.82 Å². The number of rotatable bonds is 4. The molecule has 0 spiro atoms. The van der Waals surface area contributed by atoms with Crippen molar-refractivity contribution in [2.45, 2.75) is 83.8 Å². The molecule has 1 saturated heterocycles. The van der Waals surface area contributed by atoms with Crippen LogP contribution in [0.15, 0.2) is 4.79 Å². The number of aromatic nitrogens is 2. The number of carbonyl (C=O) groups is 1. The number of likely N-dealkylation sites (tertiary alicyclic amines) is 1. The lowest BCUT2D eigenvalue weighted by Gasteiger charge is -2.31. The maximum absolute atomic E-state index is 12.9. The molecule has 2 aliphatic heterocycles. The van der Waals surface area contributed by atoms with E-state index in [-0.39, 0.29) is 17.5 Å². The highest BCUT2D eigenvalue weighted by Crippen LogP contribution is 2.34. The lowest BCUT2D eigenvalue weighted by molar-refractivity contribution is -0.133. The molecule has 1 aliphatic carbocycles. The van der Waals surface area contributed by atoms with Crippen LogP contribution in [-0.4, -0.2) is 44.8 Å². The van der Waals surface area contributed by atoms with Crippen LogP contribution in [0.25, 0.3) is 0 Å². The van der Waals surface area contributed by atoms with Gasteiger partial charge in [0, 0.05) is 38.5 Å². The second-order valence-corrected chi connectivity index (χ2v) is 8.79. The predicted octanol–water partition coefficient (Wildman–Crippen LogP) is 2.78. The Morgan fingerprint density at radius 3 is 2.70 bits per heavy atom. The quantitative estimate of drug-likeness (QED) is 0.882. The van der Waals surface area contributed by atoms with Gasteiger partial charge in [-0.15, -0.1) is 0 Å². The summed E-state index contributed by atoms with van der Waals surface area (Å²) in [5.41, 5.74) is 1.72. The van der Waals surface area contributed by atoms with E-state index in [0.717, 1.165) is 43.6 Å². The summed E-state index contributed by atoms with van der Waals surface area (Å²) >= 11 is 0. The lowest BCUT2D eigenvalue weighted by atomic mass is 10.0. The predicted molar refractivity (Wildman–Crippen MR) is 104 cm³/mol. The number of nitrogens with one attached hydrogen (secondary N) is 1. The van der Waals surface area contributed by atoms with Gasteiger partial charge in [-0.1, -0.05) is 12.8 Å². The van der Waals surface area contributed by atoms with Gasteiger partial charge in [-0.2, -0.15) is 0 Å². The molecule has 1 saturated carbocycles. The van der Waals surface area contributed by atoms with E-state index in [1.54, 1.807) is 0 Å². The van der Waals surface area contributed by atoms with Crippen LogP contribution >= 0.6 is 0 Å². The van der Waals surface area contributed by atoms with Crippen LogP contribution in [0, 0.1) is 5.92 Å². The van der Waals surface area contributed by atoms with E-state index < -0.39 is 0 Å². The summed E-state index contributed by atoms with van der Waals surface area (Å²) in [6.45, 7) is 6.72. The average molecular weight is 373 g/mol. The molecule has 1 amide bonds. The van der Waals surface area contributed by atoms with E-state index in [9.17, 15) is 9.59 Å². The molecule has 3 aliphatic rings. The molecule has 1 aromatic heterocycles. The van der Waals surface area contributed by atoms with Gasteiger partial charge < -0.3 is 9.88 Å². The van der Waals surface area contributed by atoms with E-state index in [2.05, 4.69) is 23.7 Å². The molecule has 1 aromatic rings. The molecule has 3 heterocycles. The Morgan fingerprint density at radius 1 is 1.19 bits per heavy atom. The highest BCUT2D eigenvalue weighted by Gasteiger charge is 2.34. The number of nitrogens with zero attached hydrogens (tertiary/aromatic N) is 3. The minimum absolute atomic E-state index is 0.0181. The Morgan fingerprint density at radius 2 is 1.96 bits per heavy atom. The minimum atomic E-state index is -0.0555. The third kappa shape index (κ3) is 3.82. The number of hydrogen-bond donors (Lipinski definition) is 1. The highest BCUT2D eigenvalue weighted by molar-refractivity contribution is 5.77. The number of aromatic amines is 1. The smallest absolute Gasteiger partial charge is 0.255 e. The molecule has 1 atom stereocenters. The largest absolute Gasteiger partial charge is 0.333 e. The van der Waals surface area contributed by atoms with Crippen LogP contribution in [0.4, 0.5) is 0 Å². The number of H-pyrrole nitrogens is 1. The topological polar surface area (TPSA) is 69.3 Å². The van der Waals surface area contributed by atoms with Crippen molar-refractivity contribution in [3.05, 3.63) is 27.4 Å². The van der Waals surface area contributed by atoms with E-state index in [4.69, 9.17) is 4.98 Å². The molecular weight excluding hydrogens is 340 g/mol. The van der Waals surface area contributed by atoms with Crippen molar-refractivity contribution in [3.8, 4) is 0 Å². The first-order valence-electron chi connectivity index (χ1n) is 10.7. The first-order chi connectivity index (χ1) is 13.0. The summed E-state index contributed by atoms with van der Waals surface area (Å²) < 4.78 is 0. The van der Waals surface area contributed by atoms with Crippen LogP contribution in [0.2, 0.25) is 0 Å². The fourth-order valence-corrected chi connectivity index (χ4v) is 4.99. The number of amides is 1. The Hall–Kier alpha value is -1.69. The van der Waals surface area contributed by atoms with E-state index in [1.165, 1.54) is 25.7 Å². The van der Waals surface area contributed by atoms with Gasteiger partial charge in [0.15, 0.2) is 0 Å². The van der Waals surface area contributed by atoms with Crippen LogP contribution in [0.3, 0.4) is 0 Å². The van der Waals surface area contributed by atoms with E-state index in [1.807, 2.05) is 4.90 Å². The Bertz CT molecular complexity index is 751. The monoisotopic (exact) mass is 372 g/mol. The fourth-order valence-electron chi connectivity index (χ4n) is 4.99. The fraction of sp³-hybridized carbons (Fsp3) is 0.762.